The second kappa shape index (κ2) is 9.73. The molecule has 0 spiro atoms. The van der Waals surface area contributed by atoms with E-state index in [9.17, 15) is 4.79 Å². The lowest BCUT2D eigenvalue weighted by Crippen LogP contribution is -2.24. The molecule has 7 nitrogen and oxygen atoms in total. The number of aromatic nitrogens is 2. The zero-order valence-corrected chi connectivity index (χ0v) is 17.3. The van der Waals surface area contributed by atoms with Crippen LogP contribution in [0.1, 0.15) is 24.5 Å². The maximum atomic E-state index is 11.5. The van der Waals surface area contributed by atoms with Crippen LogP contribution in [0, 0.1) is 5.92 Å². The van der Waals surface area contributed by atoms with E-state index in [0.29, 0.717) is 13.0 Å². The zero-order valence-electron chi connectivity index (χ0n) is 17.3. The number of aryl methyl sites for hydroxylation is 1. The summed E-state index contributed by atoms with van der Waals surface area (Å²) in [6, 6.07) is 16.6. The van der Waals surface area contributed by atoms with Gasteiger partial charge in [0.1, 0.15) is 5.75 Å². The van der Waals surface area contributed by atoms with Crippen LogP contribution >= 0.6 is 0 Å². The van der Waals surface area contributed by atoms with Crippen molar-refractivity contribution in [2.45, 2.75) is 18.8 Å². The van der Waals surface area contributed by atoms with E-state index in [1.165, 1.54) is 16.5 Å². The Kier molecular flexibility index (Phi) is 7.07. The molecule has 1 aliphatic heterocycles. The smallest absolute Gasteiger partial charge is 0.217 e. The molecule has 3 aromatic rings. The van der Waals surface area contributed by atoms with Crippen LogP contribution in [-0.2, 0) is 11.8 Å². The highest BCUT2D eigenvalue weighted by Crippen LogP contribution is 2.34. The number of carbonyl (C=O) groups excluding carboxylic acids is 1. The number of likely N-dealkylation sites (tertiary alicyclic amines) is 1. The van der Waals surface area contributed by atoms with E-state index >= 15 is 0 Å². The molecular weight excluding hydrogens is 378 g/mol. The predicted octanol–water partition coefficient (Wildman–Crippen LogP) is 2.45. The van der Waals surface area contributed by atoms with E-state index in [1.54, 1.807) is 0 Å². The Hall–Kier alpha value is -2.90. The van der Waals surface area contributed by atoms with Crippen molar-refractivity contribution in [3.8, 4) is 5.75 Å². The summed E-state index contributed by atoms with van der Waals surface area (Å²) in [5.74, 6) is 1.20. The number of primary amides is 1. The molecule has 3 radical (unpaired) electrons. The number of ether oxygens (including phenoxy) is 1. The standard InChI is InChI=1S/C23H28N4O2.N/c1-26-22(9-10-25-26)21-16-27(15-19(21)14-23(24)28)11-4-12-29-20-8-7-17-5-2-3-6-18(17)13-20;/h2-3,5-10,13,19,21H,4,11-12,14-16H2,1H3,(H2,24,28);/t19-,21+;/m1./s1. The number of benzene rings is 2. The fourth-order valence-corrected chi connectivity index (χ4v) is 4.43. The molecule has 0 aliphatic carbocycles. The highest BCUT2D eigenvalue weighted by atomic mass is 16.5. The lowest BCUT2D eigenvalue weighted by molar-refractivity contribution is -0.118. The van der Waals surface area contributed by atoms with Crippen molar-refractivity contribution in [2.24, 2.45) is 18.7 Å². The average molecular weight is 407 g/mol. The minimum Gasteiger partial charge on any atom is -0.494 e. The van der Waals surface area contributed by atoms with Gasteiger partial charge in [-0.3, -0.25) is 9.48 Å². The molecule has 157 valence electrons. The van der Waals surface area contributed by atoms with Gasteiger partial charge in [-0.15, -0.1) is 0 Å². The van der Waals surface area contributed by atoms with E-state index in [1.807, 2.05) is 42.2 Å². The van der Waals surface area contributed by atoms with Gasteiger partial charge >= 0.3 is 0 Å². The molecule has 1 aromatic heterocycles. The quantitative estimate of drug-likeness (QED) is 0.580. The van der Waals surface area contributed by atoms with Gasteiger partial charge in [0.05, 0.1) is 6.61 Å². The first-order valence-corrected chi connectivity index (χ1v) is 10.2. The normalized spacial score (nSPS) is 19.0. The van der Waals surface area contributed by atoms with Gasteiger partial charge < -0.3 is 15.4 Å². The highest BCUT2D eigenvalue weighted by Gasteiger charge is 2.35. The van der Waals surface area contributed by atoms with Crippen LogP contribution in [0.3, 0.4) is 0 Å². The molecule has 0 saturated carbocycles. The number of nitrogens with two attached hydrogens (primary N) is 1. The third kappa shape index (κ3) is 4.98. The monoisotopic (exact) mass is 406 g/mol. The molecule has 30 heavy (non-hydrogen) atoms. The van der Waals surface area contributed by atoms with Gasteiger partial charge in [0, 0.05) is 57.1 Å². The Morgan fingerprint density at radius 3 is 2.70 bits per heavy atom. The maximum absolute atomic E-state index is 11.5. The molecule has 0 bridgehead atoms. The Morgan fingerprint density at radius 2 is 1.97 bits per heavy atom. The van der Waals surface area contributed by atoms with E-state index in [2.05, 4.69) is 34.3 Å². The molecule has 0 unspecified atom stereocenters. The number of hydrogen-bond acceptors (Lipinski definition) is 4. The molecule has 1 saturated heterocycles. The van der Waals surface area contributed by atoms with Crippen molar-refractivity contribution in [3.05, 3.63) is 60.4 Å². The summed E-state index contributed by atoms with van der Waals surface area (Å²) >= 11 is 0. The first kappa shape index (κ1) is 21.8. The summed E-state index contributed by atoms with van der Waals surface area (Å²) in [6.07, 6.45) is 3.17. The molecule has 2 atom stereocenters. The van der Waals surface area contributed by atoms with Crippen molar-refractivity contribution in [3.63, 3.8) is 0 Å². The van der Waals surface area contributed by atoms with Crippen molar-refractivity contribution in [1.29, 1.82) is 0 Å². The van der Waals surface area contributed by atoms with Crippen molar-refractivity contribution in [1.82, 2.24) is 20.8 Å². The van der Waals surface area contributed by atoms with Crippen LogP contribution in [0.4, 0.5) is 0 Å². The van der Waals surface area contributed by atoms with Crippen LogP contribution in [-0.4, -0.2) is 46.8 Å². The van der Waals surface area contributed by atoms with Gasteiger partial charge in [-0.05, 0) is 41.3 Å². The molecule has 1 aliphatic rings. The van der Waals surface area contributed by atoms with Crippen LogP contribution in [0.25, 0.3) is 10.8 Å². The number of carbonyl (C=O) groups is 1. The summed E-state index contributed by atoms with van der Waals surface area (Å²) in [5.41, 5.74) is 6.67. The van der Waals surface area contributed by atoms with Gasteiger partial charge in [0.15, 0.2) is 0 Å². The lowest BCUT2D eigenvalue weighted by Gasteiger charge is -2.17. The minimum absolute atomic E-state index is 0. The first-order valence-electron chi connectivity index (χ1n) is 10.2. The summed E-state index contributed by atoms with van der Waals surface area (Å²) < 4.78 is 7.88. The molecule has 1 fully saturated rings. The largest absolute Gasteiger partial charge is 0.494 e. The fourth-order valence-electron chi connectivity index (χ4n) is 4.43. The molecule has 7 heteroatoms. The number of rotatable bonds is 8. The summed E-state index contributed by atoms with van der Waals surface area (Å²) in [4.78, 5) is 13.9. The van der Waals surface area contributed by atoms with E-state index < -0.39 is 0 Å². The predicted molar refractivity (Wildman–Crippen MR) is 116 cm³/mol. The maximum Gasteiger partial charge on any atom is 0.217 e. The van der Waals surface area contributed by atoms with Crippen LogP contribution in [0.5, 0.6) is 5.75 Å². The van der Waals surface area contributed by atoms with Gasteiger partial charge in [0.25, 0.3) is 0 Å². The lowest BCUT2D eigenvalue weighted by atomic mass is 9.90. The first-order chi connectivity index (χ1) is 14.1. The SMILES string of the molecule is Cn1nccc1[C@H]1CN(CCCOc2ccc3ccccc3c2)C[C@H]1CC(N)=O.[N]. The molecule has 2 aromatic carbocycles. The molecule has 2 heterocycles. The molecule has 4 rings (SSSR count). The summed E-state index contributed by atoms with van der Waals surface area (Å²) in [6.45, 7) is 3.42. The van der Waals surface area contributed by atoms with Gasteiger partial charge in [-0.1, -0.05) is 30.3 Å². The van der Waals surface area contributed by atoms with Crippen LogP contribution in [0.2, 0.25) is 0 Å². The summed E-state index contributed by atoms with van der Waals surface area (Å²) in [7, 11) is 1.96. The molecule has 1 amide bonds. The van der Waals surface area contributed by atoms with Crippen molar-refractivity contribution >= 4 is 16.7 Å². The Bertz CT molecular complexity index is 986. The second-order valence-electron chi connectivity index (χ2n) is 7.89. The molecule has 2 N–H and O–H groups in total. The number of fused-ring (bicyclic) bond motifs is 1. The van der Waals surface area contributed by atoms with E-state index in [4.69, 9.17) is 10.5 Å². The van der Waals surface area contributed by atoms with Crippen molar-refractivity contribution < 1.29 is 9.53 Å². The zero-order chi connectivity index (χ0) is 20.2. The Labute approximate surface area is 177 Å². The topological polar surface area (TPSA) is 104 Å². The van der Waals surface area contributed by atoms with E-state index in [0.717, 1.165) is 31.8 Å². The third-order valence-electron chi connectivity index (χ3n) is 5.83. The number of nitrogens with zero attached hydrogens (tertiary/aromatic N) is 4. The van der Waals surface area contributed by atoms with Crippen molar-refractivity contribution in [2.75, 3.05) is 26.2 Å². The minimum atomic E-state index is -0.233. The number of amides is 1. The van der Waals surface area contributed by atoms with Gasteiger partial charge in [-0.25, -0.2) is 0 Å². The Balaban J connectivity index is 0.00000256. The second-order valence-corrected chi connectivity index (χ2v) is 7.89. The molecular formula is C23H28N5O2. The van der Waals surface area contributed by atoms with Gasteiger partial charge in [0.2, 0.25) is 5.91 Å². The van der Waals surface area contributed by atoms with Gasteiger partial charge in [-0.2, -0.15) is 5.10 Å². The average Bonchev–Trinajstić information content (AvgIpc) is 3.30. The van der Waals surface area contributed by atoms with E-state index in [-0.39, 0.29) is 23.9 Å². The highest BCUT2D eigenvalue weighted by molar-refractivity contribution is 5.83. The van der Waals surface area contributed by atoms with Crippen LogP contribution in [0.15, 0.2) is 54.7 Å². The number of hydrogen-bond donors (Lipinski definition) is 1. The third-order valence-corrected chi connectivity index (χ3v) is 5.83. The van der Waals surface area contributed by atoms with Crippen LogP contribution < -0.4 is 16.6 Å². The summed E-state index contributed by atoms with van der Waals surface area (Å²) in [5, 5.41) is 6.71. The fraction of sp³-hybridized carbons (Fsp3) is 0.391. The Morgan fingerprint density at radius 1 is 1.17 bits per heavy atom.